The molecule has 4 unspecified atom stereocenters. The molecule has 0 aliphatic rings. The summed E-state index contributed by atoms with van der Waals surface area (Å²) in [6.07, 6.45) is 9.35. The summed E-state index contributed by atoms with van der Waals surface area (Å²) in [5.41, 5.74) is 28.6. The zero-order chi connectivity index (χ0) is 64.5. The van der Waals surface area contributed by atoms with Crippen LogP contribution < -0.4 is 92.5 Å². The fraction of sp³-hybridized carbons (Fsp3) is 0.860. The monoisotopic (exact) mass is 1240 g/mol. The Morgan fingerprint density at radius 3 is 0.837 bits per heavy atom. The van der Waals surface area contributed by atoms with Crippen LogP contribution in [0.5, 0.6) is 0 Å². The van der Waals surface area contributed by atoms with Gasteiger partial charge in [-0.2, -0.15) is 0 Å². The minimum atomic E-state index is -0.740. The summed E-state index contributed by atoms with van der Waals surface area (Å²) in [6, 6.07) is -2.73. The maximum Gasteiger partial charge on any atom is 0.236 e. The van der Waals surface area contributed by atoms with Crippen LogP contribution in [-0.4, -0.2) is 236 Å². The Balaban J connectivity index is -0.00000132. The number of carbonyl (C=O) groups excluding carboxylic acids is 8. The lowest BCUT2D eigenvalue weighted by atomic mass is 10.1. The number of unbranched alkanes of at least 4 members (excludes halogenated alkanes) is 1. The maximum absolute atomic E-state index is 12.1. The van der Waals surface area contributed by atoms with Crippen LogP contribution >= 0.6 is 0 Å². The summed E-state index contributed by atoms with van der Waals surface area (Å²) in [6.45, 7) is 23.0. The highest BCUT2D eigenvalue weighted by Gasteiger charge is 2.18. The largest absolute Gasteiger partial charge is 0.382 e. The highest BCUT2D eigenvalue weighted by Crippen LogP contribution is 1.99. The molecule has 0 heterocycles. The Morgan fingerprint density at radius 1 is 0.314 bits per heavy atom. The van der Waals surface area contributed by atoms with Crippen molar-refractivity contribution in [1.29, 1.82) is 0 Å². The van der Waals surface area contributed by atoms with Gasteiger partial charge in [0, 0.05) is 144 Å². The summed E-state index contributed by atoms with van der Waals surface area (Å²) < 4.78 is 21.1. The average Bonchev–Trinajstić information content (AvgIpc) is 3.61. The third-order valence-corrected chi connectivity index (χ3v) is 12.1. The van der Waals surface area contributed by atoms with Gasteiger partial charge in [-0.1, -0.05) is 34.1 Å². The van der Waals surface area contributed by atoms with E-state index in [0.717, 1.165) is 71.4 Å². The van der Waals surface area contributed by atoms with Gasteiger partial charge in [0.15, 0.2) is 0 Å². The van der Waals surface area contributed by atoms with Crippen LogP contribution in [0.2, 0.25) is 0 Å². The maximum atomic E-state index is 12.1. The standard InChI is InChI=1S/C27H57N9O6.C16H34N4O4.C14H30N4O2/c1-2-10-31-14-16-33-24(37)7-5-22(29)26(39)35-11-3-18-41-20-21-42-19-4-12-36-27(40)23(30)6-8-25(38)34-17-15-32-13-9-28;1-3-7-18-9-10-19-15(21)6-5-14(17)16(22)20-8-4-11-24-13-12-23-2;1-3-5-9-18-14(20)12(15)6-7-13(19)17-11-10-16-8-4-2/h22-23,31-32H,2-21,28-30H2,1H3,(H,33,37)(H,34,38)(H,35,39)(H,36,40);14,18H,3-13,17H2,1-2H3,(H,19,21)(H,20,22);12,16H,3-11,15H2,1-2H3,(H,17,19)(H,18,20). The predicted octanol–water partition coefficient (Wildman–Crippen LogP) is -3.47. The SMILES string of the molecule is CCCCNC(=O)C(N)CCC(=O)NCCNCCC.CCCNCCNC(=O)CCC(N)C(=O)NCCCOCCOC.CCCNCCNC(=O)CCC(N)C(=O)NCCCOCCOCCCNC(=O)C(N)CCC(=O)NCCNCCN. The first kappa shape index (κ1) is 85.4. The summed E-state index contributed by atoms with van der Waals surface area (Å²) in [7, 11) is 1.62. The number of methoxy groups -OCH3 is 1. The van der Waals surface area contributed by atoms with Gasteiger partial charge >= 0.3 is 0 Å². The van der Waals surface area contributed by atoms with Gasteiger partial charge < -0.3 is 111 Å². The van der Waals surface area contributed by atoms with Gasteiger partial charge in [-0.15, -0.1) is 0 Å². The minimum absolute atomic E-state index is 0.0555. The van der Waals surface area contributed by atoms with Gasteiger partial charge in [-0.05, 0) is 90.3 Å². The lowest BCUT2D eigenvalue weighted by Gasteiger charge is -2.13. The van der Waals surface area contributed by atoms with Crippen molar-refractivity contribution in [3.63, 3.8) is 0 Å². The van der Waals surface area contributed by atoms with Crippen LogP contribution in [0.4, 0.5) is 0 Å². The van der Waals surface area contributed by atoms with E-state index in [1.165, 1.54) is 0 Å². The van der Waals surface area contributed by atoms with Crippen molar-refractivity contribution in [2.45, 2.75) is 155 Å². The Kier molecular flexibility index (Phi) is 65.8. The molecule has 0 saturated heterocycles. The van der Waals surface area contributed by atoms with E-state index in [2.05, 4.69) is 91.5 Å². The number of ether oxygens (including phenoxy) is 4. The lowest BCUT2D eigenvalue weighted by Crippen LogP contribution is -2.42. The van der Waals surface area contributed by atoms with Crippen molar-refractivity contribution in [3.8, 4) is 0 Å². The molecule has 86 heavy (non-hydrogen) atoms. The van der Waals surface area contributed by atoms with Gasteiger partial charge in [0.1, 0.15) is 0 Å². The van der Waals surface area contributed by atoms with Crippen molar-refractivity contribution >= 4 is 47.3 Å². The number of rotatable bonds is 57. The molecular weight excluding hydrogens is 1110 g/mol. The molecule has 506 valence electrons. The molecule has 0 aliphatic carbocycles. The molecule has 0 aromatic rings. The molecular formula is C57H121N17O12. The molecule has 0 rings (SSSR count). The molecule has 0 aliphatic heterocycles. The van der Waals surface area contributed by atoms with E-state index in [4.69, 9.17) is 47.6 Å². The second kappa shape index (κ2) is 66.2. The van der Waals surface area contributed by atoms with E-state index in [-0.39, 0.29) is 85.8 Å². The first-order chi connectivity index (χ1) is 41.5. The van der Waals surface area contributed by atoms with Crippen LogP contribution in [-0.2, 0) is 57.3 Å². The van der Waals surface area contributed by atoms with Crippen LogP contribution in [0.25, 0.3) is 0 Å². The zero-order valence-electron chi connectivity index (χ0n) is 53.4. The van der Waals surface area contributed by atoms with Crippen LogP contribution in [0.1, 0.15) is 130 Å². The van der Waals surface area contributed by atoms with Crippen molar-refractivity contribution in [1.82, 2.24) is 63.8 Å². The van der Waals surface area contributed by atoms with E-state index in [0.29, 0.717) is 150 Å². The van der Waals surface area contributed by atoms with Crippen molar-refractivity contribution in [2.75, 3.05) is 165 Å². The van der Waals surface area contributed by atoms with Gasteiger partial charge in [-0.3, -0.25) is 38.4 Å². The Morgan fingerprint density at radius 2 is 0.581 bits per heavy atom. The first-order valence-corrected chi connectivity index (χ1v) is 31.5. The summed E-state index contributed by atoms with van der Waals surface area (Å²) >= 11 is 0. The Hall–Kier alpha value is -4.76. The molecule has 22 N–H and O–H groups in total. The molecule has 0 radical (unpaired) electrons. The minimum Gasteiger partial charge on any atom is -0.382 e. The third-order valence-electron chi connectivity index (χ3n) is 12.1. The van der Waals surface area contributed by atoms with E-state index in [9.17, 15) is 38.4 Å². The predicted molar refractivity (Wildman–Crippen MR) is 337 cm³/mol. The Labute approximate surface area is 514 Å². The first-order valence-electron chi connectivity index (χ1n) is 31.5. The van der Waals surface area contributed by atoms with Gasteiger partial charge in [0.05, 0.1) is 50.6 Å². The van der Waals surface area contributed by atoms with Crippen LogP contribution in [0, 0.1) is 0 Å². The fourth-order valence-corrected chi connectivity index (χ4v) is 6.95. The second-order valence-corrected chi connectivity index (χ2v) is 20.2. The third kappa shape index (κ3) is 62.3. The number of nitrogens with two attached hydrogens (primary N) is 5. The van der Waals surface area contributed by atoms with Crippen LogP contribution in [0.3, 0.4) is 0 Å². The van der Waals surface area contributed by atoms with E-state index < -0.39 is 24.2 Å². The van der Waals surface area contributed by atoms with E-state index in [1.54, 1.807) is 7.11 Å². The van der Waals surface area contributed by atoms with Crippen molar-refractivity contribution < 1.29 is 57.3 Å². The number of hydrogen-bond donors (Lipinski definition) is 17. The second-order valence-electron chi connectivity index (χ2n) is 20.2. The van der Waals surface area contributed by atoms with E-state index >= 15 is 0 Å². The molecule has 8 amide bonds. The zero-order valence-corrected chi connectivity index (χ0v) is 53.4. The molecule has 0 saturated carbocycles. The number of amides is 8. The quantitative estimate of drug-likeness (QED) is 0.0263. The van der Waals surface area contributed by atoms with Gasteiger partial charge in [0.25, 0.3) is 0 Å². The normalized spacial score (nSPS) is 12.2. The molecule has 0 fully saturated rings. The van der Waals surface area contributed by atoms with Gasteiger partial charge in [-0.25, -0.2) is 0 Å². The van der Waals surface area contributed by atoms with Crippen LogP contribution in [0.15, 0.2) is 0 Å². The highest BCUT2D eigenvalue weighted by atomic mass is 16.5. The van der Waals surface area contributed by atoms with Crippen molar-refractivity contribution in [2.24, 2.45) is 28.7 Å². The Bertz CT molecular complexity index is 1610. The molecule has 0 spiro atoms. The number of nitrogens with one attached hydrogen (secondary N) is 12. The fourth-order valence-electron chi connectivity index (χ4n) is 6.95. The molecule has 0 aromatic carbocycles. The molecule has 0 bridgehead atoms. The smallest absolute Gasteiger partial charge is 0.236 e. The van der Waals surface area contributed by atoms with Gasteiger partial charge in [0.2, 0.25) is 47.3 Å². The lowest BCUT2D eigenvalue weighted by molar-refractivity contribution is -0.125. The molecule has 4 atom stereocenters. The van der Waals surface area contributed by atoms with Crippen molar-refractivity contribution in [3.05, 3.63) is 0 Å². The summed E-state index contributed by atoms with van der Waals surface area (Å²) in [5.74, 6) is -1.37. The average molecular weight is 1240 g/mol. The highest BCUT2D eigenvalue weighted by molar-refractivity contribution is 5.85. The topological polar surface area (TPSA) is 448 Å². The molecule has 29 nitrogen and oxygen atoms in total. The molecule has 0 aromatic heterocycles. The number of carbonyl (C=O) groups is 8. The van der Waals surface area contributed by atoms with E-state index in [1.807, 2.05) is 0 Å². The summed E-state index contributed by atoms with van der Waals surface area (Å²) in [5, 5.41) is 34.8. The summed E-state index contributed by atoms with van der Waals surface area (Å²) in [4.78, 5) is 94.2. The molecule has 29 heteroatoms. The number of hydrogen-bond acceptors (Lipinski definition) is 21.